The molecule has 0 radical (unpaired) electrons. The first-order chi connectivity index (χ1) is 9.11. The van der Waals surface area contributed by atoms with E-state index in [1.807, 2.05) is 6.08 Å². The molecule has 0 unspecified atom stereocenters. The Balaban J connectivity index is 2.05. The lowest BCUT2D eigenvalue weighted by atomic mass is 9.78. The molecule has 1 aromatic carbocycles. The Hall–Kier alpha value is -1.51. The molecule has 0 heterocycles. The van der Waals surface area contributed by atoms with Crippen LogP contribution < -0.4 is 0 Å². The van der Waals surface area contributed by atoms with Gasteiger partial charge in [0.05, 0.1) is 0 Å². The predicted octanol–water partition coefficient (Wildman–Crippen LogP) is 5.12. The van der Waals surface area contributed by atoms with Crippen LogP contribution in [-0.2, 0) is 0 Å². The third kappa shape index (κ3) is 3.28. The second-order valence-electron chi connectivity index (χ2n) is 5.03. The highest BCUT2D eigenvalue weighted by molar-refractivity contribution is 5.23. The summed E-state index contributed by atoms with van der Waals surface area (Å²) in [5.41, 5.74) is 0.572. The molecule has 0 N–H and O–H groups in total. The summed E-state index contributed by atoms with van der Waals surface area (Å²) in [5, 5.41) is 0. The molecule has 1 aliphatic carbocycles. The van der Waals surface area contributed by atoms with Crippen LogP contribution in [0.2, 0.25) is 0 Å². The monoisotopic (exact) mass is 266 g/mol. The van der Waals surface area contributed by atoms with Gasteiger partial charge in [0.15, 0.2) is 17.5 Å². The molecule has 0 aromatic heterocycles. The molecule has 0 bridgehead atoms. The van der Waals surface area contributed by atoms with E-state index < -0.39 is 17.5 Å². The fourth-order valence-corrected chi connectivity index (χ4v) is 2.69. The summed E-state index contributed by atoms with van der Waals surface area (Å²) >= 11 is 0. The fraction of sp³-hybridized carbons (Fsp3) is 0.375. The van der Waals surface area contributed by atoms with Crippen molar-refractivity contribution in [2.45, 2.75) is 31.6 Å². The van der Waals surface area contributed by atoms with Crippen LogP contribution in [0.5, 0.6) is 0 Å². The van der Waals surface area contributed by atoms with Gasteiger partial charge in [-0.25, -0.2) is 13.2 Å². The van der Waals surface area contributed by atoms with Gasteiger partial charge in [0.1, 0.15) is 0 Å². The van der Waals surface area contributed by atoms with Gasteiger partial charge in [-0.3, -0.25) is 0 Å². The van der Waals surface area contributed by atoms with Crippen molar-refractivity contribution in [1.82, 2.24) is 0 Å². The van der Waals surface area contributed by atoms with E-state index in [-0.39, 0.29) is 5.92 Å². The van der Waals surface area contributed by atoms with Crippen molar-refractivity contribution in [3.63, 3.8) is 0 Å². The number of benzene rings is 1. The van der Waals surface area contributed by atoms with E-state index in [0.29, 0.717) is 11.5 Å². The largest absolute Gasteiger partial charge is 0.204 e. The van der Waals surface area contributed by atoms with Crippen molar-refractivity contribution < 1.29 is 13.2 Å². The van der Waals surface area contributed by atoms with E-state index in [1.165, 1.54) is 0 Å². The van der Waals surface area contributed by atoms with E-state index in [9.17, 15) is 13.2 Å². The smallest absolute Gasteiger partial charge is 0.194 e. The highest BCUT2D eigenvalue weighted by atomic mass is 19.2. The SMILES string of the molecule is C=CC=CC1CCC(c2cc(F)c(F)c(F)c2)CC1. The van der Waals surface area contributed by atoms with Gasteiger partial charge in [-0.15, -0.1) is 0 Å². The zero-order valence-electron chi connectivity index (χ0n) is 10.7. The third-order valence-corrected chi connectivity index (χ3v) is 3.77. The first-order valence-electron chi connectivity index (χ1n) is 6.55. The van der Waals surface area contributed by atoms with Crippen molar-refractivity contribution >= 4 is 0 Å². The lowest BCUT2D eigenvalue weighted by Crippen LogP contribution is -2.12. The molecule has 0 spiro atoms. The summed E-state index contributed by atoms with van der Waals surface area (Å²) in [6, 6.07) is 2.26. The summed E-state index contributed by atoms with van der Waals surface area (Å²) in [6.07, 6.45) is 9.51. The Morgan fingerprint density at radius 3 is 2.11 bits per heavy atom. The van der Waals surface area contributed by atoms with E-state index >= 15 is 0 Å². The molecule has 1 aromatic rings. The average molecular weight is 266 g/mol. The molecule has 102 valence electrons. The third-order valence-electron chi connectivity index (χ3n) is 3.77. The Bertz CT molecular complexity index is 460. The van der Waals surface area contributed by atoms with E-state index in [1.54, 1.807) is 6.08 Å². The molecule has 2 rings (SSSR count). The van der Waals surface area contributed by atoms with Crippen LogP contribution in [0.4, 0.5) is 13.2 Å². The summed E-state index contributed by atoms with van der Waals surface area (Å²) in [5.74, 6) is -2.94. The van der Waals surface area contributed by atoms with Crippen molar-refractivity contribution in [1.29, 1.82) is 0 Å². The molecule has 1 aliphatic rings. The number of rotatable bonds is 3. The predicted molar refractivity (Wildman–Crippen MR) is 70.4 cm³/mol. The van der Waals surface area contributed by atoms with Gasteiger partial charge in [0.25, 0.3) is 0 Å². The highest BCUT2D eigenvalue weighted by Gasteiger charge is 2.23. The summed E-state index contributed by atoms with van der Waals surface area (Å²) < 4.78 is 39.3. The first-order valence-corrected chi connectivity index (χ1v) is 6.55. The summed E-state index contributed by atoms with van der Waals surface area (Å²) in [6.45, 7) is 3.63. The lowest BCUT2D eigenvalue weighted by molar-refractivity contribution is 0.371. The maximum Gasteiger partial charge on any atom is 0.194 e. The normalized spacial score (nSPS) is 23.7. The van der Waals surface area contributed by atoms with Gasteiger partial charge in [0, 0.05) is 0 Å². The topological polar surface area (TPSA) is 0 Å². The molecule has 1 fully saturated rings. The van der Waals surface area contributed by atoms with Crippen molar-refractivity contribution in [3.05, 3.63) is 60.0 Å². The summed E-state index contributed by atoms with van der Waals surface area (Å²) in [4.78, 5) is 0. The highest BCUT2D eigenvalue weighted by Crippen LogP contribution is 2.37. The molecule has 19 heavy (non-hydrogen) atoms. The molecule has 0 nitrogen and oxygen atoms in total. The van der Waals surface area contributed by atoms with Crippen LogP contribution in [0, 0.1) is 23.4 Å². The maximum absolute atomic E-state index is 13.2. The quantitative estimate of drug-likeness (QED) is 0.526. The van der Waals surface area contributed by atoms with Crippen molar-refractivity contribution in [2.75, 3.05) is 0 Å². The van der Waals surface area contributed by atoms with Gasteiger partial charge in [-0.2, -0.15) is 0 Å². The van der Waals surface area contributed by atoms with Crippen LogP contribution >= 0.6 is 0 Å². The zero-order chi connectivity index (χ0) is 13.8. The minimum Gasteiger partial charge on any atom is -0.204 e. The average Bonchev–Trinajstić information content (AvgIpc) is 2.42. The number of hydrogen-bond donors (Lipinski definition) is 0. The van der Waals surface area contributed by atoms with Gasteiger partial charge in [-0.05, 0) is 55.2 Å². The molecule has 0 aliphatic heterocycles. The molecule has 0 atom stereocenters. The van der Waals surface area contributed by atoms with Gasteiger partial charge in [-0.1, -0.05) is 24.8 Å². The molecule has 3 heteroatoms. The maximum atomic E-state index is 13.2. The first kappa shape index (κ1) is 13.9. The van der Waals surface area contributed by atoms with E-state index in [2.05, 4.69) is 12.7 Å². The fourth-order valence-electron chi connectivity index (χ4n) is 2.69. The molecule has 0 saturated heterocycles. The van der Waals surface area contributed by atoms with Crippen molar-refractivity contribution in [3.8, 4) is 0 Å². The Labute approximate surface area is 111 Å². The summed E-state index contributed by atoms with van der Waals surface area (Å²) in [7, 11) is 0. The number of hydrogen-bond acceptors (Lipinski definition) is 0. The van der Waals surface area contributed by atoms with Crippen molar-refractivity contribution in [2.24, 2.45) is 5.92 Å². The number of halogens is 3. The van der Waals surface area contributed by atoms with Crippen LogP contribution in [0.3, 0.4) is 0 Å². The minimum absolute atomic E-state index is 0.123. The standard InChI is InChI=1S/C16H17F3/c1-2-3-4-11-5-7-12(8-6-11)13-9-14(17)16(19)15(18)10-13/h2-4,9-12H,1,5-8H2. The van der Waals surface area contributed by atoms with Crippen LogP contribution in [0.25, 0.3) is 0 Å². The van der Waals surface area contributed by atoms with E-state index in [0.717, 1.165) is 37.8 Å². The lowest BCUT2D eigenvalue weighted by Gasteiger charge is -2.27. The second kappa shape index (κ2) is 6.09. The number of allylic oxidation sites excluding steroid dienone is 3. The molecular formula is C16H17F3. The molecular weight excluding hydrogens is 249 g/mol. The van der Waals surface area contributed by atoms with E-state index in [4.69, 9.17) is 0 Å². The van der Waals surface area contributed by atoms with Gasteiger partial charge >= 0.3 is 0 Å². The van der Waals surface area contributed by atoms with Crippen LogP contribution in [0.1, 0.15) is 37.2 Å². The Kier molecular flexibility index (Phi) is 4.46. The minimum atomic E-state index is -1.38. The van der Waals surface area contributed by atoms with Gasteiger partial charge < -0.3 is 0 Å². The zero-order valence-corrected chi connectivity index (χ0v) is 10.7. The van der Waals surface area contributed by atoms with Gasteiger partial charge in [0.2, 0.25) is 0 Å². The second-order valence-corrected chi connectivity index (χ2v) is 5.03. The Morgan fingerprint density at radius 2 is 1.58 bits per heavy atom. The van der Waals surface area contributed by atoms with Crippen LogP contribution in [-0.4, -0.2) is 0 Å². The molecule has 0 amide bonds. The Morgan fingerprint density at radius 1 is 1.00 bits per heavy atom. The van der Waals surface area contributed by atoms with Crippen LogP contribution in [0.15, 0.2) is 36.9 Å². The molecule has 1 saturated carbocycles.